The third-order valence-corrected chi connectivity index (χ3v) is 5.63. The SMILES string of the molecule is O=C(Nc1ccc(S(=O)(=O)Nc2ccccc2C(F)(F)F)cc1)c1ccccc1[N+](=O)[O-]. The van der Waals surface area contributed by atoms with E-state index in [-0.39, 0.29) is 16.1 Å². The van der Waals surface area contributed by atoms with E-state index in [0.717, 1.165) is 36.4 Å². The molecular weight excluding hydrogens is 451 g/mol. The van der Waals surface area contributed by atoms with Gasteiger partial charge in [-0.25, -0.2) is 8.42 Å². The monoisotopic (exact) mass is 465 g/mol. The van der Waals surface area contributed by atoms with Gasteiger partial charge >= 0.3 is 6.18 Å². The van der Waals surface area contributed by atoms with Gasteiger partial charge in [-0.15, -0.1) is 0 Å². The van der Waals surface area contributed by atoms with Crippen LogP contribution in [0.15, 0.2) is 77.7 Å². The van der Waals surface area contributed by atoms with Crippen LogP contribution in [-0.2, 0) is 16.2 Å². The van der Waals surface area contributed by atoms with Crippen LogP contribution in [0, 0.1) is 10.1 Å². The number of nitro groups is 1. The van der Waals surface area contributed by atoms with Crippen molar-refractivity contribution >= 4 is 33.0 Å². The summed E-state index contributed by atoms with van der Waals surface area (Å²) in [6.07, 6.45) is -4.76. The van der Waals surface area contributed by atoms with Crippen molar-refractivity contribution in [3.05, 3.63) is 94.0 Å². The summed E-state index contributed by atoms with van der Waals surface area (Å²) < 4.78 is 66.2. The molecular formula is C20H14F3N3O5S. The molecule has 0 saturated heterocycles. The molecule has 3 aromatic carbocycles. The number of halogens is 3. The summed E-state index contributed by atoms with van der Waals surface area (Å²) in [5.74, 6) is -0.787. The van der Waals surface area contributed by atoms with E-state index in [2.05, 4.69) is 5.32 Å². The Bertz CT molecular complexity index is 1280. The first-order chi connectivity index (χ1) is 15.0. The molecule has 3 aromatic rings. The fourth-order valence-corrected chi connectivity index (χ4v) is 3.84. The number of benzene rings is 3. The molecule has 0 aliphatic heterocycles. The average Bonchev–Trinajstić information content (AvgIpc) is 2.73. The Morgan fingerprint density at radius 2 is 1.50 bits per heavy atom. The minimum Gasteiger partial charge on any atom is -0.322 e. The number of nitro benzene ring substituents is 1. The van der Waals surface area contributed by atoms with Gasteiger partial charge in [-0.2, -0.15) is 13.2 Å². The van der Waals surface area contributed by atoms with Crippen LogP contribution >= 0.6 is 0 Å². The number of carbonyl (C=O) groups excluding carboxylic acids is 1. The summed E-state index contributed by atoms with van der Waals surface area (Å²) in [4.78, 5) is 22.3. The molecule has 0 atom stereocenters. The highest BCUT2D eigenvalue weighted by atomic mass is 32.2. The van der Waals surface area contributed by atoms with E-state index in [1.807, 2.05) is 4.72 Å². The van der Waals surface area contributed by atoms with Gasteiger partial charge in [0.05, 0.1) is 21.1 Å². The summed E-state index contributed by atoms with van der Waals surface area (Å²) in [6, 6.07) is 14.0. The van der Waals surface area contributed by atoms with Gasteiger partial charge in [0.1, 0.15) is 5.56 Å². The zero-order valence-electron chi connectivity index (χ0n) is 16.0. The lowest BCUT2D eigenvalue weighted by atomic mass is 10.1. The van der Waals surface area contributed by atoms with Gasteiger partial charge in [0.15, 0.2) is 0 Å². The zero-order valence-corrected chi connectivity index (χ0v) is 16.8. The maximum absolute atomic E-state index is 13.1. The van der Waals surface area contributed by atoms with Crippen molar-refractivity contribution < 1.29 is 31.3 Å². The number of rotatable bonds is 6. The summed E-state index contributed by atoms with van der Waals surface area (Å²) in [7, 11) is -4.36. The number of alkyl halides is 3. The smallest absolute Gasteiger partial charge is 0.322 e. The second-order valence-corrected chi connectivity index (χ2v) is 8.08. The van der Waals surface area contributed by atoms with Gasteiger partial charge in [0.25, 0.3) is 21.6 Å². The second-order valence-electron chi connectivity index (χ2n) is 6.40. The summed E-state index contributed by atoms with van der Waals surface area (Å²) in [6.45, 7) is 0. The molecule has 0 spiro atoms. The third kappa shape index (κ3) is 5.03. The number of nitrogens with one attached hydrogen (secondary N) is 2. The van der Waals surface area contributed by atoms with Gasteiger partial charge in [-0.3, -0.25) is 19.6 Å². The Labute approximate surface area is 179 Å². The van der Waals surface area contributed by atoms with Gasteiger partial charge in [-0.1, -0.05) is 24.3 Å². The molecule has 166 valence electrons. The standard InChI is InChI=1S/C20H14F3N3O5S/c21-20(22,23)16-6-2-3-7-17(16)25-32(30,31)14-11-9-13(10-12-14)24-19(27)15-5-1-4-8-18(15)26(28)29/h1-12,25H,(H,24,27). The molecule has 0 saturated carbocycles. The molecule has 1 amide bonds. The van der Waals surface area contributed by atoms with Gasteiger partial charge in [0, 0.05) is 11.8 Å². The largest absolute Gasteiger partial charge is 0.418 e. The second kappa shape index (κ2) is 8.67. The van der Waals surface area contributed by atoms with Crippen molar-refractivity contribution in [2.24, 2.45) is 0 Å². The Morgan fingerprint density at radius 1 is 0.906 bits per heavy atom. The molecule has 0 aromatic heterocycles. The van der Waals surface area contributed by atoms with Crippen molar-refractivity contribution in [3.8, 4) is 0 Å². The highest BCUT2D eigenvalue weighted by Crippen LogP contribution is 2.35. The van der Waals surface area contributed by atoms with E-state index in [1.54, 1.807) is 0 Å². The number of para-hydroxylation sites is 2. The van der Waals surface area contributed by atoms with Crippen molar-refractivity contribution in [2.75, 3.05) is 10.0 Å². The Morgan fingerprint density at radius 3 is 2.12 bits per heavy atom. The number of nitrogens with zero attached hydrogens (tertiary/aromatic N) is 1. The van der Waals surface area contributed by atoms with Crippen LogP contribution in [0.3, 0.4) is 0 Å². The molecule has 0 bridgehead atoms. The lowest BCUT2D eigenvalue weighted by Crippen LogP contribution is -2.17. The van der Waals surface area contributed by atoms with E-state index in [0.29, 0.717) is 0 Å². The number of anilines is 2. The minimum absolute atomic E-state index is 0.128. The number of carbonyl (C=O) groups is 1. The van der Waals surface area contributed by atoms with Gasteiger partial charge < -0.3 is 5.32 Å². The molecule has 0 fully saturated rings. The van der Waals surface area contributed by atoms with Gasteiger partial charge in [-0.05, 0) is 42.5 Å². The summed E-state index contributed by atoms with van der Waals surface area (Å²) >= 11 is 0. The maximum Gasteiger partial charge on any atom is 0.418 e. The topological polar surface area (TPSA) is 118 Å². The molecule has 0 aliphatic rings. The van der Waals surface area contributed by atoms with Crippen LogP contribution in [-0.4, -0.2) is 19.2 Å². The van der Waals surface area contributed by atoms with Crippen molar-refractivity contribution in [1.82, 2.24) is 0 Å². The van der Waals surface area contributed by atoms with Crippen molar-refractivity contribution in [2.45, 2.75) is 11.1 Å². The highest BCUT2D eigenvalue weighted by molar-refractivity contribution is 7.92. The zero-order chi connectivity index (χ0) is 23.5. The van der Waals surface area contributed by atoms with Crippen molar-refractivity contribution in [1.29, 1.82) is 0 Å². The van der Waals surface area contributed by atoms with E-state index in [1.165, 1.54) is 36.4 Å². The van der Waals surface area contributed by atoms with Crippen LogP contribution in [0.5, 0.6) is 0 Å². The van der Waals surface area contributed by atoms with Crippen LogP contribution in [0.1, 0.15) is 15.9 Å². The first-order valence-corrected chi connectivity index (χ1v) is 10.3. The van der Waals surface area contributed by atoms with Gasteiger partial charge in [0.2, 0.25) is 0 Å². The molecule has 12 heteroatoms. The normalized spacial score (nSPS) is 11.6. The Kier molecular flexibility index (Phi) is 6.16. The molecule has 0 radical (unpaired) electrons. The predicted octanol–water partition coefficient (Wildman–Crippen LogP) is 4.67. The first kappa shape index (κ1) is 22.7. The lowest BCUT2D eigenvalue weighted by molar-refractivity contribution is -0.385. The molecule has 0 unspecified atom stereocenters. The average molecular weight is 465 g/mol. The fourth-order valence-electron chi connectivity index (χ4n) is 2.76. The van der Waals surface area contributed by atoms with Crippen molar-refractivity contribution in [3.63, 3.8) is 0 Å². The highest BCUT2D eigenvalue weighted by Gasteiger charge is 2.34. The number of sulfonamides is 1. The fraction of sp³-hybridized carbons (Fsp3) is 0.0500. The maximum atomic E-state index is 13.1. The van der Waals surface area contributed by atoms with E-state index in [4.69, 9.17) is 0 Å². The number of hydrogen-bond acceptors (Lipinski definition) is 5. The number of hydrogen-bond donors (Lipinski definition) is 2. The molecule has 0 aliphatic carbocycles. The summed E-state index contributed by atoms with van der Waals surface area (Å²) in [5, 5.41) is 13.5. The van der Waals surface area contributed by atoms with E-state index >= 15 is 0 Å². The molecule has 8 nitrogen and oxygen atoms in total. The first-order valence-electron chi connectivity index (χ1n) is 8.83. The van der Waals surface area contributed by atoms with E-state index < -0.39 is 44.0 Å². The third-order valence-electron chi connectivity index (χ3n) is 4.24. The van der Waals surface area contributed by atoms with Crippen LogP contribution in [0.2, 0.25) is 0 Å². The molecule has 3 rings (SSSR count). The minimum atomic E-state index is -4.76. The number of amides is 1. The lowest BCUT2D eigenvalue weighted by Gasteiger charge is -2.15. The van der Waals surface area contributed by atoms with Crippen LogP contribution < -0.4 is 10.0 Å². The van der Waals surface area contributed by atoms with Crippen LogP contribution in [0.4, 0.5) is 30.2 Å². The van der Waals surface area contributed by atoms with E-state index in [9.17, 15) is 36.5 Å². The summed E-state index contributed by atoms with van der Waals surface area (Å²) in [5.41, 5.74) is -2.25. The quantitative estimate of drug-likeness (QED) is 0.405. The predicted molar refractivity (Wildman–Crippen MR) is 110 cm³/mol. The Hall–Kier alpha value is -3.93. The molecule has 0 heterocycles. The molecule has 32 heavy (non-hydrogen) atoms. The van der Waals surface area contributed by atoms with Crippen LogP contribution in [0.25, 0.3) is 0 Å². The Balaban J connectivity index is 1.80. The molecule has 2 N–H and O–H groups in total.